The van der Waals surface area contributed by atoms with E-state index in [1.54, 1.807) is 18.2 Å². The molecule has 0 aliphatic carbocycles. The average molecular weight is 346 g/mol. The number of hydrogen-bond acceptors (Lipinski definition) is 3. The van der Waals surface area contributed by atoms with Gasteiger partial charge in [0.25, 0.3) is 0 Å². The molecular formula is C16H21Cl2NO3. The van der Waals surface area contributed by atoms with E-state index in [0.29, 0.717) is 23.0 Å². The van der Waals surface area contributed by atoms with Crippen molar-refractivity contribution in [3.05, 3.63) is 33.8 Å². The summed E-state index contributed by atoms with van der Waals surface area (Å²) >= 11 is 11.7. The number of benzene rings is 1. The van der Waals surface area contributed by atoms with Crippen LogP contribution in [0.2, 0.25) is 10.0 Å². The fourth-order valence-electron chi connectivity index (χ4n) is 1.72. The highest BCUT2D eigenvalue weighted by molar-refractivity contribution is 6.42. The lowest BCUT2D eigenvalue weighted by Gasteiger charge is -2.19. The number of halogens is 2. The molecule has 1 amide bonds. The average Bonchev–Trinajstić information content (AvgIpc) is 2.38. The topological polar surface area (TPSA) is 55.4 Å². The third kappa shape index (κ3) is 7.66. The maximum Gasteiger partial charge on any atom is 0.306 e. The number of nitrogens with one attached hydrogen (secondary N) is 1. The molecule has 22 heavy (non-hydrogen) atoms. The minimum Gasteiger partial charge on any atom is -0.460 e. The largest absolute Gasteiger partial charge is 0.460 e. The number of rotatable bonds is 6. The maximum absolute atomic E-state index is 11.7. The summed E-state index contributed by atoms with van der Waals surface area (Å²) in [5, 5.41) is 3.71. The molecule has 1 aromatic rings. The fourth-order valence-corrected chi connectivity index (χ4v) is 2.05. The monoisotopic (exact) mass is 345 g/mol. The highest BCUT2D eigenvalue weighted by atomic mass is 35.5. The van der Waals surface area contributed by atoms with Crippen LogP contribution in [-0.2, 0) is 20.9 Å². The van der Waals surface area contributed by atoms with Gasteiger partial charge in [0.1, 0.15) is 5.60 Å². The zero-order chi connectivity index (χ0) is 16.8. The SMILES string of the molecule is CC(C)(C)OC(=O)CCCC(=O)NCc1ccc(Cl)c(Cl)c1. The van der Waals surface area contributed by atoms with E-state index in [2.05, 4.69) is 5.32 Å². The molecule has 0 bridgehead atoms. The summed E-state index contributed by atoms with van der Waals surface area (Å²) < 4.78 is 5.18. The molecule has 6 heteroatoms. The van der Waals surface area contributed by atoms with Crippen LogP contribution in [0.5, 0.6) is 0 Å². The van der Waals surface area contributed by atoms with Crippen molar-refractivity contribution < 1.29 is 14.3 Å². The first kappa shape index (κ1) is 18.8. The zero-order valence-electron chi connectivity index (χ0n) is 13.0. The first-order valence-corrected chi connectivity index (χ1v) is 7.85. The minimum atomic E-state index is -0.493. The van der Waals surface area contributed by atoms with E-state index in [9.17, 15) is 9.59 Å². The Labute approximate surface area is 141 Å². The van der Waals surface area contributed by atoms with Crippen LogP contribution >= 0.6 is 23.2 Å². The first-order chi connectivity index (χ1) is 10.2. The van der Waals surface area contributed by atoms with Gasteiger partial charge in [-0.3, -0.25) is 9.59 Å². The molecule has 122 valence electrons. The molecule has 0 unspecified atom stereocenters. The Kier molecular flexibility index (Phi) is 7.17. The maximum atomic E-state index is 11.7. The standard InChI is InChI=1S/C16H21Cl2NO3/c1-16(2,3)22-15(21)6-4-5-14(20)19-10-11-7-8-12(17)13(18)9-11/h7-9H,4-6,10H2,1-3H3,(H,19,20). The van der Waals surface area contributed by atoms with Crippen LogP contribution in [0.3, 0.4) is 0 Å². The molecule has 0 spiro atoms. The number of ether oxygens (including phenoxy) is 1. The van der Waals surface area contributed by atoms with E-state index >= 15 is 0 Å². The van der Waals surface area contributed by atoms with E-state index in [-0.39, 0.29) is 24.7 Å². The summed E-state index contributed by atoms with van der Waals surface area (Å²) in [7, 11) is 0. The molecule has 0 aliphatic heterocycles. The van der Waals surface area contributed by atoms with Crippen molar-refractivity contribution in [2.24, 2.45) is 0 Å². The molecule has 0 aliphatic rings. The lowest BCUT2D eigenvalue weighted by Crippen LogP contribution is -2.25. The zero-order valence-corrected chi connectivity index (χ0v) is 14.6. The predicted molar refractivity (Wildman–Crippen MR) is 88.0 cm³/mol. The Morgan fingerprint density at radius 2 is 1.82 bits per heavy atom. The lowest BCUT2D eigenvalue weighted by molar-refractivity contribution is -0.154. The van der Waals surface area contributed by atoms with Crippen LogP contribution in [0.4, 0.5) is 0 Å². The summed E-state index contributed by atoms with van der Waals surface area (Å²) in [6.45, 7) is 5.82. The van der Waals surface area contributed by atoms with Gasteiger partial charge in [-0.1, -0.05) is 29.3 Å². The second-order valence-electron chi connectivity index (χ2n) is 5.97. The van der Waals surface area contributed by atoms with Crippen LogP contribution in [0.15, 0.2) is 18.2 Å². The van der Waals surface area contributed by atoms with Crippen molar-refractivity contribution in [3.8, 4) is 0 Å². The number of esters is 1. The number of hydrogen-bond donors (Lipinski definition) is 1. The molecule has 0 aromatic heterocycles. The van der Waals surface area contributed by atoms with Gasteiger partial charge in [0.2, 0.25) is 5.91 Å². The molecule has 0 heterocycles. The van der Waals surface area contributed by atoms with Gasteiger partial charge in [0.15, 0.2) is 0 Å². The third-order valence-corrected chi connectivity index (χ3v) is 3.42. The minimum absolute atomic E-state index is 0.116. The van der Waals surface area contributed by atoms with Crippen LogP contribution in [0.25, 0.3) is 0 Å². The molecule has 0 radical (unpaired) electrons. The lowest BCUT2D eigenvalue weighted by atomic mass is 10.2. The van der Waals surface area contributed by atoms with Gasteiger partial charge in [0, 0.05) is 19.4 Å². The third-order valence-electron chi connectivity index (χ3n) is 2.68. The van der Waals surface area contributed by atoms with Crippen LogP contribution in [0.1, 0.15) is 45.6 Å². The number of amides is 1. The number of carbonyl (C=O) groups excluding carboxylic acids is 2. The highest BCUT2D eigenvalue weighted by Gasteiger charge is 2.16. The molecule has 1 aromatic carbocycles. The summed E-state index contributed by atoms with van der Waals surface area (Å²) in [5.74, 6) is -0.403. The van der Waals surface area contributed by atoms with E-state index in [1.165, 1.54) is 0 Å². The van der Waals surface area contributed by atoms with Gasteiger partial charge in [-0.2, -0.15) is 0 Å². The molecule has 1 N–H and O–H groups in total. The molecule has 0 saturated carbocycles. The Morgan fingerprint density at radius 1 is 1.14 bits per heavy atom. The fraction of sp³-hybridized carbons (Fsp3) is 0.500. The Balaban J connectivity index is 2.26. The highest BCUT2D eigenvalue weighted by Crippen LogP contribution is 2.22. The van der Waals surface area contributed by atoms with Gasteiger partial charge in [-0.05, 0) is 44.9 Å². The molecule has 1 rings (SSSR count). The molecule has 0 fully saturated rings. The quantitative estimate of drug-likeness (QED) is 0.789. The normalized spacial score (nSPS) is 11.1. The molecular weight excluding hydrogens is 325 g/mol. The second kappa shape index (κ2) is 8.39. The summed E-state index contributed by atoms with van der Waals surface area (Å²) in [6.07, 6.45) is 0.972. The first-order valence-electron chi connectivity index (χ1n) is 7.10. The van der Waals surface area contributed by atoms with E-state index < -0.39 is 5.60 Å². The molecule has 0 atom stereocenters. The summed E-state index contributed by atoms with van der Waals surface area (Å²) in [6, 6.07) is 5.20. The van der Waals surface area contributed by atoms with Crippen LogP contribution < -0.4 is 5.32 Å². The van der Waals surface area contributed by atoms with Gasteiger partial charge in [-0.25, -0.2) is 0 Å². The Morgan fingerprint density at radius 3 is 2.41 bits per heavy atom. The van der Waals surface area contributed by atoms with Crippen LogP contribution in [0, 0.1) is 0 Å². The van der Waals surface area contributed by atoms with Gasteiger partial charge < -0.3 is 10.1 Å². The van der Waals surface area contributed by atoms with Gasteiger partial charge in [-0.15, -0.1) is 0 Å². The van der Waals surface area contributed by atoms with Crippen molar-refractivity contribution in [2.45, 2.75) is 52.2 Å². The Bertz CT molecular complexity index is 539. The van der Waals surface area contributed by atoms with Gasteiger partial charge >= 0.3 is 5.97 Å². The molecule has 4 nitrogen and oxygen atoms in total. The molecule has 0 saturated heterocycles. The van der Waals surface area contributed by atoms with Crippen molar-refractivity contribution in [1.82, 2.24) is 5.32 Å². The van der Waals surface area contributed by atoms with Crippen molar-refractivity contribution in [1.29, 1.82) is 0 Å². The Hall–Kier alpha value is -1.26. The van der Waals surface area contributed by atoms with Crippen molar-refractivity contribution in [2.75, 3.05) is 0 Å². The van der Waals surface area contributed by atoms with Crippen LogP contribution in [-0.4, -0.2) is 17.5 Å². The summed E-state index contributed by atoms with van der Waals surface area (Å²) in [5.41, 5.74) is 0.377. The van der Waals surface area contributed by atoms with E-state index in [4.69, 9.17) is 27.9 Å². The second-order valence-corrected chi connectivity index (χ2v) is 6.78. The van der Waals surface area contributed by atoms with E-state index in [1.807, 2.05) is 20.8 Å². The van der Waals surface area contributed by atoms with E-state index in [0.717, 1.165) is 5.56 Å². The van der Waals surface area contributed by atoms with Crippen molar-refractivity contribution >= 4 is 35.1 Å². The van der Waals surface area contributed by atoms with Gasteiger partial charge in [0.05, 0.1) is 10.0 Å². The smallest absolute Gasteiger partial charge is 0.306 e. The predicted octanol–water partition coefficient (Wildman–Crippen LogP) is 4.12. The summed E-state index contributed by atoms with van der Waals surface area (Å²) in [4.78, 5) is 23.2. The van der Waals surface area contributed by atoms with Crippen molar-refractivity contribution in [3.63, 3.8) is 0 Å². The number of carbonyl (C=O) groups is 2.